The number of hydrogen-bond acceptors (Lipinski definition) is 9. The van der Waals surface area contributed by atoms with Gasteiger partial charge in [0.05, 0.1) is 22.5 Å². The van der Waals surface area contributed by atoms with Gasteiger partial charge in [-0.2, -0.15) is 0 Å². The highest BCUT2D eigenvalue weighted by atomic mass is 32.2. The second kappa shape index (κ2) is 8.29. The van der Waals surface area contributed by atoms with E-state index in [9.17, 15) is 0 Å². The van der Waals surface area contributed by atoms with Crippen molar-refractivity contribution in [1.29, 1.82) is 0 Å². The molecule has 3 aromatic heterocycles. The van der Waals surface area contributed by atoms with Gasteiger partial charge in [-0.05, 0) is 36.2 Å². The monoisotopic (exact) mass is 418 g/mol. The molecule has 30 heavy (non-hydrogen) atoms. The van der Waals surface area contributed by atoms with E-state index in [1.807, 2.05) is 36.7 Å². The largest absolute Gasteiger partial charge is 0.368 e. The van der Waals surface area contributed by atoms with E-state index < -0.39 is 0 Å². The smallest absolute Gasteiger partial charge is 0.228 e. The van der Waals surface area contributed by atoms with Gasteiger partial charge in [0.2, 0.25) is 5.95 Å². The van der Waals surface area contributed by atoms with Crippen LogP contribution in [0.5, 0.6) is 0 Å². The van der Waals surface area contributed by atoms with Crippen LogP contribution in [0.15, 0.2) is 60.4 Å². The Hall–Kier alpha value is -3.17. The zero-order chi connectivity index (χ0) is 20.3. The van der Waals surface area contributed by atoms with Crippen molar-refractivity contribution in [1.82, 2.24) is 25.3 Å². The Morgan fingerprint density at radius 3 is 2.83 bits per heavy atom. The highest BCUT2D eigenvalue weighted by molar-refractivity contribution is 8.00. The lowest BCUT2D eigenvalue weighted by atomic mass is 10.1. The Balaban J connectivity index is 1.38. The third-order valence-electron chi connectivity index (χ3n) is 5.01. The molecule has 5 heterocycles. The van der Waals surface area contributed by atoms with Crippen LogP contribution in [0.25, 0.3) is 11.3 Å². The van der Waals surface area contributed by atoms with Gasteiger partial charge in [0.15, 0.2) is 0 Å². The number of aromatic nitrogens is 4. The van der Waals surface area contributed by atoms with Crippen molar-refractivity contribution < 1.29 is 0 Å². The maximum Gasteiger partial charge on any atom is 0.228 e. The van der Waals surface area contributed by atoms with E-state index in [1.165, 1.54) is 0 Å². The summed E-state index contributed by atoms with van der Waals surface area (Å²) in [4.78, 5) is 21.7. The van der Waals surface area contributed by atoms with E-state index in [0.717, 1.165) is 59.7 Å². The van der Waals surface area contributed by atoms with E-state index in [4.69, 9.17) is 4.98 Å². The van der Waals surface area contributed by atoms with Crippen LogP contribution in [0.1, 0.15) is 0 Å². The van der Waals surface area contributed by atoms with Gasteiger partial charge in [0.1, 0.15) is 11.6 Å². The van der Waals surface area contributed by atoms with E-state index in [0.29, 0.717) is 12.5 Å². The summed E-state index contributed by atoms with van der Waals surface area (Å²) in [6, 6.07) is 8.02. The molecule has 5 rings (SSSR count). The standard InChI is InChI=1S/C21H22N8S/c1-2-10-29-20-16(4-3-7-23-20)19-17(30-29)14-25-21(27-19)26-18-6-5-15(13-24-18)28-11-8-22-9-12-28/h2-7,13-14,22H,1,8-12H2,(H,24,25,26,27). The van der Waals surface area contributed by atoms with Crippen molar-refractivity contribution in [3.63, 3.8) is 0 Å². The maximum absolute atomic E-state index is 4.76. The van der Waals surface area contributed by atoms with Gasteiger partial charge in [-0.25, -0.2) is 19.9 Å². The molecule has 8 nitrogen and oxygen atoms in total. The maximum atomic E-state index is 4.76. The highest BCUT2D eigenvalue weighted by Gasteiger charge is 2.25. The van der Waals surface area contributed by atoms with E-state index in [-0.39, 0.29) is 0 Å². The summed E-state index contributed by atoms with van der Waals surface area (Å²) in [5, 5.41) is 6.59. The molecule has 3 aromatic rings. The van der Waals surface area contributed by atoms with Crippen LogP contribution in [-0.2, 0) is 0 Å². The molecule has 0 radical (unpaired) electrons. The van der Waals surface area contributed by atoms with Crippen LogP contribution in [0, 0.1) is 0 Å². The average Bonchev–Trinajstić information content (AvgIpc) is 2.81. The predicted octanol–water partition coefficient (Wildman–Crippen LogP) is 3.10. The van der Waals surface area contributed by atoms with Crippen molar-refractivity contribution in [2.24, 2.45) is 0 Å². The molecule has 0 bridgehead atoms. The Bertz CT molecular complexity index is 1050. The van der Waals surface area contributed by atoms with Crippen molar-refractivity contribution in [2.75, 3.05) is 47.2 Å². The number of nitrogens with one attached hydrogen (secondary N) is 2. The number of rotatable bonds is 5. The predicted molar refractivity (Wildman–Crippen MR) is 121 cm³/mol. The van der Waals surface area contributed by atoms with Crippen LogP contribution in [0.3, 0.4) is 0 Å². The van der Waals surface area contributed by atoms with Gasteiger partial charge in [-0.15, -0.1) is 6.58 Å². The summed E-state index contributed by atoms with van der Waals surface area (Å²) in [6.07, 6.45) is 7.40. The lowest BCUT2D eigenvalue weighted by Gasteiger charge is -2.29. The lowest BCUT2D eigenvalue weighted by Crippen LogP contribution is -2.43. The number of anilines is 4. The lowest BCUT2D eigenvalue weighted by molar-refractivity contribution is 0.589. The Morgan fingerprint density at radius 2 is 2.03 bits per heavy atom. The van der Waals surface area contributed by atoms with Gasteiger partial charge in [-0.3, -0.25) is 4.31 Å². The Kier molecular flexibility index (Phi) is 5.20. The van der Waals surface area contributed by atoms with Crippen molar-refractivity contribution >= 4 is 35.2 Å². The fourth-order valence-electron chi connectivity index (χ4n) is 3.56. The molecule has 0 atom stereocenters. The molecule has 0 aromatic carbocycles. The third kappa shape index (κ3) is 3.69. The molecule has 1 saturated heterocycles. The molecule has 0 spiro atoms. The fourth-order valence-corrected chi connectivity index (χ4v) is 4.55. The summed E-state index contributed by atoms with van der Waals surface area (Å²) in [5.74, 6) is 2.12. The number of pyridine rings is 2. The van der Waals surface area contributed by atoms with Crippen LogP contribution < -0.4 is 19.8 Å². The number of piperazine rings is 1. The molecule has 0 aliphatic carbocycles. The van der Waals surface area contributed by atoms with Gasteiger partial charge in [-0.1, -0.05) is 6.08 Å². The number of hydrogen-bond donors (Lipinski definition) is 2. The van der Waals surface area contributed by atoms with E-state index >= 15 is 0 Å². The SMILES string of the molecule is C=CCN1Sc2cnc(Nc3ccc(N4CCNCC4)cn3)nc2-c2cccnc21. The van der Waals surface area contributed by atoms with Gasteiger partial charge in [0, 0.05) is 50.7 Å². The fraction of sp³-hybridized carbons (Fsp3) is 0.238. The molecule has 152 valence electrons. The minimum atomic E-state index is 0.517. The summed E-state index contributed by atoms with van der Waals surface area (Å²) < 4.78 is 2.09. The summed E-state index contributed by atoms with van der Waals surface area (Å²) >= 11 is 1.58. The van der Waals surface area contributed by atoms with Crippen LogP contribution in [0.4, 0.5) is 23.3 Å². The molecule has 0 saturated carbocycles. The normalized spacial score (nSPS) is 15.3. The Labute approximate surface area is 179 Å². The molecule has 2 aliphatic rings. The van der Waals surface area contributed by atoms with Gasteiger partial charge >= 0.3 is 0 Å². The molecule has 2 aliphatic heterocycles. The van der Waals surface area contributed by atoms with Crippen molar-refractivity contribution in [3.05, 3.63) is 55.5 Å². The zero-order valence-electron chi connectivity index (χ0n) is 16.5. The van der Waals surface area contributed by atoms with Crippen LogP contribution in [-0.4, -0.2) is 52.7 Å². The second-order valence-electron chi connectivity index (χ2n) is 6.99. The molecule has 2 N–H and O–H groups in total. The van der Waals surface area contributed by atoms with E-state index in [2.05, 4.69) is 47.4 Å². The first-order chi connectivity index (χ1) is 14.8. The summed E-state index contributed by atoms with van der Waals surface area (Å²) in [6.45, 7) is 8.53. The zero-order valence-corrected chi connectivity index (χ0v) is 17.3. The first-order valence-electron chi connectivity index (χ1n) is 9.89. The Morgan fingerprint density at radius 1 is 1.13 bits per heavy atom. The van der Waals surface area contributed by atoms with Crippen molar-refractivity contribution in [3.8, 4) is 11.3 Å². The van der Waals surface area contributed by atoms with Crippen LogP contribution in [0.2, 0.25) is 0 Å². The quantitative estimate of drug-likeness (QED) is 0.480. The first-order valence-corrected chi connectivity index (χ1v) is 10.7. The van der Waals surface area contributed by atoms with Crippen LogP contribution >= 0.6 is 11.9 Å². The second-order valence-corrected chi connectivity index (χ2v) is 8.05. The molecule has 1 fully saturated rings. The van der Waals surface area contributed by atoms with E-state index in [1.54, 1.807) is 18.1 Å². The topological polar surface area (TPSA) is 82.1 Å². The number of fused-ring (bicyclic) bond motifs is 3. The summed E-state index contributed by atoms with van der Waals surface area (Å²) in [5.41, 5.74) is 2.99. The van der Waals surface area contributed by atoms with Gasteiger partial charge < -0.3 is 15.5 Å². The average molecular weight is 419 g/mol. The third-order valence-corrected chi connectivity index (χ3v) is 6.04. The first kappa shape index (κ1) is 18.8. The molecule has 0 amide bonds. The molecular weight excluding hydrogens is 396 g/mol. The van der Waals surface area contributed by atoms with Crippen molar-refractivity contribution in [2.45, 2.75) is 4.90 Å². The minimum Gasteiger partial charge on any atom is -0.368 e. The molecular formula is C21H22N8S. The van der Waals surface area contributed by atoms with Gasteiger partial charge in [0.25, 0.3) is 0 Å². The highest BCUT2D eigenvalue weighted by Crippen LogP contribution is 2.44. The number of nitrogens with zero attached hydrogens (tertiary/aromatic N) is 6. The molecule has 9 heteroatoms. The minimum absolute atomic E-state index is 0.517. The summed E-state index contributed by atoms with van der Waals surface area (Å²) in [7, 11) is 0. The molecule has 0 unspecified atom stereocenters.